The molecule has 2 unspecified atom stereocenters. The first-order valence-electron chi connectivity index (χ1n) is 8.66. The number of imide groups is 1. The number of urea groups is 1. The van der Waals surface area contributed by atoms with Crippen LogP contribution in [-0.4, -0.2) is 44.9 Å². The van der Waals surface area contributed by atoms with Crippen molar-refractivity contribution >= 4 is 28.7 Å². The highest BCUT2D eigenvalue weighted by Gasteiger charge is 2.49. The number of amides is 3. The molecular weight excluding hydrogens is 332 g/mol. The lowest BCUT2D eigenvalue weighted by molar-refractivity contribution is -0.146. The van der Waals surface area contributed by atoms with E-state index in [1.165, 1.54) is 11.8 Å². The summed E-state index contributed by atoms with van der Waals surface area (Å²) < 4.78 is 0. The van der Waals surface area contributed by atoms with Gasteiger partial charge in [-0.2, -0.15) is 0 Å². The van der Waals surface area contributed by atoms with Crippen molar-refractivity contribution in [3.8, 4) is 0 Å². The first-order chi connectivity index (χ1) is 12.3. The third kappa shape index (κ3) is 2.92. The van der Waals surface area contributed by atoms with Crippen LogP contribution in [0.4, 0.5) is 4.79 Å². The fourth-order valence-electron chi connectivity index (χ4n) is 3.52. The lowest BCUT2D eigenvalue weighted by Gasteiger charge is -2.25. The summed E-state index contributed by atoms with van der Waals surface area (Å²) in [5.41, 5.74) is 0.930. The Bertz CT molecular complexity index is 872. The van der Waals surface area contributed by atoms with Crippen molar-refractivity contribution < 1.29 is 19.5 Å². The third-order valence-electron chi connectivity index (χ3n) is 4.87. The molecule has 1 aliphatic rings. The Morgan fingerprint density at radius 2 is 1.73 bits per heavy atom. The zero-order valence-electron chi connectivity index (χ0n) is 15.0. The van der Waals surface area contributed by atoms with Gasteiger partial charge in [-0.05, 0) is 29.2 Å². The maximum Gasteiger partial charge on any atom is 0.328 e. The first-order valence-corrected chi connectivity index (χ1v) is 8.66. The standard InChI is InChI=1S/C20H22N2O4/c1-12(2)17-18(23)22(13(3)19(24)25)20(26)21(17)11-15-9-6-8-14-7-4-5-10-16(14)15/h4-10,12-13,17H,11H2,1-3H3,(H,24,25). The minimum Gasteiger partial charge on any atom is -0.480 e. The largest absolute Gasteiger partial charge is 0.480 e. The average Bonchev–Trinajstić information content (AvgIpc) is 2.85. The molecule has 136 valence electrons. The van der Waals surface area contributed by atoms with E-state index < -0.39 is 30.0 Å². The number of carboxylic acids is 1. The van der Waals surface area contributed by atoms with Crippen LogP contribution in [-0.2, 0) is 16.1 Å². The van der Waals surface area contributed by atoms with Crippen LogP contribution >= 0.6 is 0 Å². The molecule has 0 spiro atoms. The highest BCUT2D eigenvalue weighted by atomic mass is 16.4. The second-order valence-corrected chi connectivity index (χ2v) is 6.96. The number of fused-ring (bicyclic) bond motifs is 1. The van der Waals surface area contributed by atoms with Crippen molar-refractivity contribution in [1.29, 1.82) is 0 Å². The molecule has 6 heteroatoms. The number of aliphatic carboxylic acids is 1. The minimum atomic E-state index is -1.19. The smallest absolute Gasteiger partial charge is 0.328 e. The highest BCUT2D eigenvalue weighted by Crippen LogP contribution is 2.29. The lowest BCUT2D eigenvalue weighted by Crippen LogP contribution is -2.44. The Morgan fingerprint density at radius 3 is 2.38 bits per heavy atom. The van der Waals surface area contributed by atoms with E-state index in [0.29, 0.717) is 0 Å². The molecule has 6 nitrogen and oxygen atoms in total. The van der Waals surface area contributed by atoms with Crippen LogP contribution < -0.4 is 0 Å². The fourth-order valence-corrected chi connectivity index (χ4v) is 3.52. The number of carbonyl (C=O) groups excluding carboxylic acids is 2. The topological polar surface area (TPSA) is 77.9 Å². The number of hydrogen-bond donors (Lipinski definition) is 1. The van der Waals surface area contributed by atoms with E-state index in [-0.39, 0.29) is 12.5 Å². The molecule has 1 heterocycles. The van der Waals surface area contributed by atoms with E-state index in [4.69, 9.17) is 0 Å². The molecular formula is C20H22N2O4. The molecule has 2 aromatic carbocycles. The van der Waals surface area contributed by atoms with E-state index in [9.17, 15) is 19.5 Å². The van der Waals surface area contributed by atoms with Gasteiger partial charge in [-0.15, -0.1) is 0 Å². The summed E-state index contributed by atoms with van der Waals surface area (Å²) >= 11 is 0. The molecule has 2 aromatic rings. The van der Waals surface area contributed by atoms with Crippen LogP contribution in [0.15, 0.2) is 42.5 Å². The Balaban J connectivity index is 2.00. The summed E-state index contributed by atoms with van der Waals surface area (Å²) in [4.78, 5) is 39.3. The van der Waals surface area contributed by atoms with Gasteiger partial charge in [-0.1, -0.05) is 56.3 Å². The van der Waals surface area contributed by atoms with Gasteiger partial charge in [-0.3, -0.25) is 4.79 Å². The Morgan fingerprint density at radius 1 is 1.08 bits per heavy atom. The molecule has 2 atom stereocenters. The van der Waals surface area contributed by atoms with E-state index in [1.807, 2.05) is 56.3 Å². The second kappa shape index (κ2) is 6.78. The van der Waals surface area contributed by atoms with Crippen LogP contribution in [0.2, 0.25) is 0 Å². The van der Waals surface area contributed by atoms with Gasteiger partial charge in [0.2, 0.25) is 0 Å². The lowest BCUT2D eigenvalue weighted by atomic mass is 10.0. The van der Waals surface area contributed by atoms with Crippen LogP contribution in [0.25, 0.3) is 10.8 Å². The van der Waals surface area contributed by atoms with Crippen LogP contribution in [0.1, 0.15) is 26.3 Å². The molecule has 0 aromatic heterocycles. The SMILES string of the molecule is CC(C)C1C(=O)N(C(C)C(=O)O)C(=O)N1Cc1cccc2ccccc12. The van der Waals surface area contributed by atoms with Crippen LogP contribution in [0.3, 0.4) is 0 Å². The molecule has 1 saturated heterocycles. The van der Waals surface area contributed by atoms with Gasteiger partial charge in [-0.25, -0.2) is 14.5 Å². The summed E-state index contributed by atoms with van der Waals surface area (Å²) in [6.45, 7) is 5.34. The summed E-state index contributed by atoms with van der Waals surface area (Å²) in [6, 6.07) is 11.3. The van der Waals surface area contributed by atoms with E-state index >= 15 is 0 Å². The summed E-state index contributed by atoms with van der Waals surface area (Å²) in [7, 11) is 0. The van der Waals surface area contributed by atoms with Crippen molar-refractivity contribution in [2.24, 2.45) is 5.92 Å². The van der Waals surface area contributed by atoms with Crippen molar-refractivity contribution in [3.05, 3.63) is 48.0 Å². The van der Waals surface area contributed by atoms with Gasteiger partial charge in [0.15, 0.2) is 0 Å². The number of hydrogen-bond acceptors (Lipinski definition) is 3. The first kappa shape index (κ1) is 17.9. The number of benzene rings is 2. The van der Waals surface area contributed by atoms with Gasteiger partial charge in [0.05, 0.1) is 0 Å². The van der Waals surface area contributed by atoms with Crippen molar-refractivity contribution in [2.75, 3.05) is 0 Å². The number of carboxylic acid groups (broad SMARTS) is 1. The number of rotatable bonds is 5. The second-order valence-electron chi connectivity index (χ2n) is 6.96. The Kier molecular flexibility index (Phi) is 4.68. The summed E-state index contributed by atoms with van der Waals surface area (Å²) in [6.07, 6.45) is 0. The quantitative estimate of drug-likeness (QED) is 0.837. The molecule has 26 heavy (non-hydrogen) atoms. The van der Waals surface area contributed by atoms with Gasteiger partial charge < -0.3 is 10.0 Å². The van der Waals surface area contributed by atoms with E-state index in [2.05, 4.69) is 0 Å². The fraction of sp³-hybridized carbons (Fsp3) is 0.350. The van der Waals surface area contributed by atoms with Crippen molar-refractivity contribution in [3.63, 3.8) is 0 Å². The van der Waals surface area contributed by atoms with Gasteiger partial charge >= 0.3 is 12.0 Å². The highest BCUT2D eigenvalue weighted by molar-refractivity contribution is 6.07. The zero-order chi connectivity index (χ0) is 19.0. The molecule has 0 aliphatic carbocycles. The molecule has 3 rings (SSSR count). The minimum absolute atomic E-state index is 0.118. The van der Waals surface area contributed by atoms with Gasteiger partial charge in [0.25, 0.3) is 5.91 Å². The summed E-state index contributed by atoms with van der Waals surface area (Å²) in [5.74, 6) is -1.76. The monoisotopic (exact) mass is 354 g/mol. The molecule has 3 amide bonds. The third-order valence-corrected chi connectivity index (χ3v) is 4.87. The van der Waals surface area contributed by atoms with Crippen molar-refractivity contribution in [1.82, 2.24) is 9.80 Å². The molecule has 1 aliphatic heterocycles. The van der Waals surface area contributed by atoms with E-state index in [0.717, 1.165) is 21.2 Å². The molecule has 1 N–H and O–H groups in total. The summed E-state index contributed by atoms with van der Waals surface area (Å²) in [5, 5.41) is 11.3. The predicted molar refractivity (Wildman–Crippen MR) is 97.5 cm³/mol. The van der Waals surface area contributed by atoms with Gasteiger partial charge in [0.1, 0.15) is 12.1 Å². The molecule has 0 radical (unpaired) electrons. The number of nitrogens with zero attached hydrogens (tertiary/aromatic N) is 2. The molecule has 0 saturated carbocycles. The Hall–Kier alpha value is -2.89. The van der Waals surface area contributed by atoms with Crippen molar-refractivity contribution in [2.45, 2.75) is 39.4 Å². The van der Waals surface area contributed by atoms with Crippen LogP contribution in [0, 0.1) is 5.92 Å². The van der Waals surface area contributed by atoms with E-state index in [1.54, 1.807) is 0 Å². The maximum atomic E-state index is 12.9. The Labute approximate surface area is 152 Å². The van der Waals surface area contributed by atoms with Crippen LogP contribution in [0.5, 0.6) is 0 Å². The van der Waals surface area contributed by atoms with Gasteiger partial charge in [0, 0.05) is 6.54 Å². The maximum absolute atomic E-state index is 12.9. The zero-order valence-corrected chi connectivity index (χ0v) is 15.0. The normalized spacial score (nSPS) is 18.8. The number of carbonyl (C=O) groups is 3. The molecule has 0 bridgehead atoms. The predicted octanol–water partition coefficient (Wildman–Crippen LogP) is 3.10. The average molecular weight is 354 g/mol. The molecule has 1 fully saturated rings.